The van der Waals surface area contributed by atoms with Crippen LogP contribution in [0.15, 0.2) is 42.6 Å². The van der Waals surface area contributed by atoms with Crippen LogP contribution in [-0.2, 0) is 29.8 Å². The lowest BCUT2D eigenvalue weighted by atomic mass is 9.93. The number of benzene rings is 1. The summed E-state index contributed by atoms with van der Waals surface area (Å²) >= 11 is 0. The van der Waals surface area contributed by atoms with Crippen molar-refractivity contribution in [2.24, 2.45) is 17.8 Å². The van der Waals surface area contributed by atoms with E-state index in [2.05, 4.69) is 30.8 Å². The molecule has 3 heterocycles. The van der Waals surface area contributed by atoms with Crippen molar-refractivity contribution in [3.05, 3.63) is 53.9 Å². The van der Waals surface area contributed by atoms with Crippen molar-refractivity contribution in [2.45, 2.75) is 109 Å². The molecule has 0 radical (unpaired) electrons. The number of methoxy groups -OCH3 is 1. The Morgan fingerprint density at radius 1 is 1.13 bits per heavy atom. The van der Waals surface area contributed by atoms with E-state index in [9.17, 15) is 22.8 Å². The molecule has 0 spiro atoms. The van der Waals surface area contributed by atoms with Crippen molar-refractivity contribution < 1.29 is 32.3 Å². The minimum absolute atomic E-state index is 0.161. The van der Waals surface area contributed by atoms with Crippen LogP contribution < -0.4 is 19.5 Å². The number of hydrogen-bond acceptors (Lipinski definition) is 9. The van der Waals surface area contributed by atoms with E-state index in [1.807, 2.05) is 49.5 Å². The molecule has 1 unspecified atom stereocenters. The number of allylic oxidation sites excluding steroid dienone is 1. The third-order valence-corrected chi connectivity index (χ3v) is 13.2. The molecular weight excluding hydrogens is 709 g/mol. The number of carbonyl (C=O) groups is 3. The van der Waals surface area contributed by atoms with E-state index < -0.39 is 50.6 Å². The molecular formula is C40H54N6O7S. The Labute approximate surface area is 318 Å². The van der Waals surface area contributed by atoms with Crippen molar-refractivity contribution in [3.63, 3.8) is 0 Å². The van der Waals surface area contributed by atoms with Gasteiger partial charge in [-0.3, -0.25) is 19.1 Å². The van der Waals surface area contributed by atoms with E-state index in [4.69, 9.17) is 19.6 Å². The number of ether oxygens (including phenoxy) is 2. The topological polar surface area (TPSA) is 162 Å². The minimum atomic E-state index is -3.96. The Morgan fingerprint density at radius 2 is 1.87 bits per heavy atom. The van der Waals surface area contributed by atoms with Crippen LogP contribution in [0.2, 0.25) is 0 Å². The van der Waals surface area contributed by atoms with Gasteiger partial charge in [-0.25, -0.2) is 18.1 Å². The second-order valence-electron chi connectivity index (χ2n) is 16.2. The number of rotatable bonds is 8. The van der Waals surface area contributed by atoms with Gasteiger partial charge in [-0.15, -0.1) is 0 Å². The molecule has 1 aliphatic heterocycles. The first kappa shape index (κ1) is 39.2. The number of amides is 3. The van der Waals surface area contributed by atoms with E-state index in [1.165, 1.54) is 0 Å². The molecule has 292 valence electrons. The number of aryl methyl sites for hydroxylation is 1. The number of sulfonamides is 1. The number of nitrogens with zero attached hydrogens (tertiary/aromatic N) is 4. The molecule has 1 aromatic carbocycles. The van der Waals surface area contributed by atoms with Gasteiger partial charge in [-0.05, 0) is 77.0 Å². The Kier molecular flexibility index (Phi) is 10.9. The van der Waals surface area contributed by atoms with Crippen molar-refractivity contribution in [1.82, 2.24) is 29.7 Å². The van der Waals surface area contributed by atoms with Gasteiger partial charge in [0.05, 0.1) is 35.4 Å². The molecule has 14 heteroatoms. The fraction of sp³-hybridized carbons (Fsp3) is 0.575. The van der Waals surface area contributed by atoms with Gasteiger partial charge in [-0.2, -0.15) is 5.10 Å². The quantitative estimate of drug-likeness (QED) is 0.297. The van der Waals surface area contributed by atoms with E-state index in [0.717, 1.165) is 35.9 Å². The second kappa shape index (κ2) is 15.0. The first-order valence-corrected chi connectivity index (χ1v) is 20.5. The number of hydrogen-bond donors (Lipinski definition) is 2. The Bertz CT molecular complexity index is 2070. The van der Waals surface area contributed by atoms with Crippen molar-refractivity contribution in [2.75, 3.05) is 20.7 Å². The van der Waals surface area contributed by atoms with Gasteiger partial charge < -0.3 is 19.7 Å². The first-order valence-electron chi connectivity index (χ1n) is 19.0. The third kappa shape index (κ3) is 7.71. The number of nitrogens with one attached hydrogen (secondary N) is 2. The maximum atomic E-state index is 14.3. The summed E-state index contributed by atoms with van der Waals surface area (Å²) in [5.74, 6) is -1.53. The van der Waals surface area contributed by atoms with Gasteiger partial charge in [0.2, 0.25) is 21.8 Å². The van der Waals surface area contributed by atoms with Crippen molar-refractivity contribution in [1.29, 1.82) is 0 Å². The molecule has 3 aliphatic rings. The molecule has 2 aromatic heterocycles. The predicted molar refractivity (Wildman–Crippen MR) is 206 cm³/mol. The van der Waals surface area contributed by atoms with E-state index in [1.54, 1.807) is 37.6 Å². The van der Waals surface area contributed by atoms with Gasteiger partial charge in [0.25, 0.3) is 5.91 Å². The lowest BCUT2D eigenvalue weighted by Gasteiger charge is -2.27. The minimum Gasteiger partial charge on any atom is -0.496 e. The van der Waals surface area contributed by atoms with E-state index in [0.29, 0.717) is 35.8 Å². The van der Waals surface area contributed by atoms with Gasteiger partial charge in [0.1, 0.15) is 23.1 Å². The van der Waals surface area contributed by atoms with Gasteiger partial charge in [-0.1, -0.05) is 39.8 Å². The summed E-state index contributed by atoms with van der Waals surface area (Å²) < 4.78 is 42.3. The molecule has 2 N–H and O–H groups in total. The van der Waals surface area contributed by atoms with Crippen LogP contribution in [0.3, 0.4) is 0 Å². The smallest absolute Gasteiger partial charge is 0.259 e. The second-order valence-corrected chi connectivity index (χ2v) is 18.3. The van der Waals surface area contributed by atoms with Crippen LogP contribution in [0.25, 0.3) is 16.7 Å². The number of pyridine rings is 1. The molecule has 2 saturated carbocycles. The van der Waals surface area contributed by atoms with Crippen LogP contribution in [0, 0.1) is 24.7 Å². The summed E-state index contributed by atoms with van der Waals surface area (Å²) in [6.07, 6.45) is 8.64. The van der Waals surface area contributed by atoms with Crippen LogP contribution >= 0.6 is 0 Å². The molecule has 0 bridgehead atoms. The molecule has 6 rings (SSSR count). The highest BCUT2D eigenvalue weighted by atomic mass is 32.2. The number of carbonyl (C=O) groups excluding carboxylic acids is 3. The van der Waals surface area contributed by atoms with E-state index in [-0.39, 0.29) is 36.5 Å². The first-order chi connectivity index (χ1) is 25.5. The van der Waals surface area contributed by atoms with Crippen LogP contribution in [-0.4, -0.2) is 83.4 Å². The lowest BCUT2D eigenvalue weighted by Crippen LogP contribution is -2.55. The van der Waals surface area contributed by atoms with Crippen LogP contribution in [0.4, 0.5) is 0 Å². The normalized spacial score (nSPS) is 26.3. The molecule has 13 nitrogen and oxygen atoms in total. The molecule has 6 atom stereocenters. The average Bonchev–Trinajstić information content (AvgIpc) is 3.42. The Balaban J connectivity index is 1.34. The molecule has 3 aromatic rings. The fourth-order valence-electron chi connectivity index (χ4n) is 7.58. The largest absolute Gasteiger partial charge is 0.496 e. The maximum absolute atomic E-state index is 14.3. The highest BCUT2D eigenvalue weighted by molar-refractivity contribution is 7.90. The van der Waals surface area contributed by atoms with Crippen LogP contribution in [0.5, 0.6) is 11.5 Å². The monoisotopic (exact) mass is 762 g/mol. The van der Waals surface area contributed by atoms with Crippen molar-refractivity contribution in [3.8, 4) is 17.3 Å². The molecule has 2 fully saturated rings. The summed E-state index contributed by atoms with van der Waals surface area (Å²) in [5.41, 5.74) is 0.793. The summed E-state index contributed by atoms with van der Waals surface area (Å²) in [6, 6.07) is 7.55. The van der Waals surface area contributed by atoms with Gasteiger partial charge >= 0.3 is 0 Å². The molecule has 54 heavy (non-hydrogen) atoms. The predicted octanol–water partition coefficient (Wildman–Crippen LogP) is 5.13. The fourth-order valence-corrected chi connectivity index (χ4v) is 8.66. The SMILES string of the molecule is CCC(C)S(=O)(=O)NC(=O)[C@@]12C[C@H]1/C=C\CCCCN(C)C(=O)[C@@H]1C[C@H](Oc3cc(-n4ccc(C(C)(C)C)n4)nc4c(C)c(OC)ccc34)C[C@H]1C(=O)N2. The highest BCUT2D eigenvalue weighted by Crippen LogP contribution is 2.47. The molecule has 0 saturated heterocycles. The maximum Gasteiger partial charge on any atom is 0.259 e. The Hall–Kier alpha value is -4.46. The lowest BCUT2D eigenvalue weighted by molar-refractivity contribution is -0.140. The average molecular weight is 763 g/mol. The zero-order valence-corrected chi connectivity index (χ0v) is 33.5. The summed E-state index contributed by atoms with van der Waals surface area (Å²) in [6.45, 7) is 12.0. The van der Waals surface area contributed by atoms with E-state index >= 15 is 0 Å². The standard InChI is InChI=1S/C40H54N6O7S/c1-9-24(2)54(50,51)44-38(49)40-23-26(40)14-12-10-11-13-18-45(7)37(48)30-21-27(20-29(30)36(47)42-40)53-32-22-34(46-19-17-33(43-46)39(4,5)6)41-35-25(3)31(52-8)16-15-28(32)35/h12,14-17,19,22,24,26-27,29-30H,9-11,13,18,20-21,23H2,1-8H3,(H,42,47)(H,44,49)/b14-12-/t24?,26-,27-,29-,30-,40-/m1/s1. The number of aromatic nitrogens is 3. The number of fused-ring (bicyclic) bond motifs is 3. The molecule has 2 aliphatic carbocycles. The zero-order valence-electron chi connectivity index (χ0n) is 32.6. The summed E-state index contributed by atoms with van der Waals surface area (Å²) in [4.78, 5) is 48.8. The summed E-state index contributed by atoms with van der Waals surface area (Å²) in [7, 11) is -0.588. The van der Waals surface area contributed by atoms with Crippen molar-refractivity contribution >= 4 is 38.6 Å². The Morgan fingerprint density at radius 3 is 2.56 bits per heavy atom. The summed E-state index contributed by atoms with van der Waals surface area (Å²) in [5, 5.41) is 7.74. The van der Waals surface area contributed by atoms with Crippen LogP contribution in [0.1, 0.15) is 90.8 Å². The van der Waals surface area contributed by atoms with Gasteiger partial charge in [0.15, 0.2) is 5.82 Å². The molecule has 3 amide bonds. The highest BCUT2D eigenvalue weighted by Gasteiger charge is 2.62. The third-order valence-electron chi connectivity index (χ3n) is 11.4. The zero-order chi connectivity index (χ0) is 39.2. The van der Waals surface area contributed by atoms with Gasteiger partial charge in [0, 0.05) is 48.1 Å².